The van der Waals surface area contributed by atoms with E-state index in [1.165, 1.54) is 16.7 Å². The van der Waals surface area contributed by atoms with E-state index in [2.05, 4.69) is 5.32 Å². The third-order valence-corrected chi connectivity index (χ3v) is 6.26. The van der Waals surface area contributed by atoms with Crippen LogP contribution in [0.25, 0.3) is 6.08 Å². The lowest BCUT2D eigenvalue weighted by atomic mass is 10.2. The minimum Gasteiger partial charge on any atom is -0.484 e. The Bertz CT molecular complexity index is 1260. The van der Waals surface area contributed by atoms with Crippen LogP contribution in [0, 0.1) is 6.92 Å². The van der Waals surface area contributed by atoms with Gasteiger partial charge in [-0.25, -0.2) is 0 Å². The summed E-state index contributed by atoms with van der Waals surface area (Å²) in [6, 6.07) is 21.7. The number of thioether (sulfide) groups is 1. The van der Waals surface area contributed by atoms with Crippen molar-refractivity contribution in [3.05, 3.63) is 93.9 Å². The second-order valence-corrected chi connectivity index (χ2v) is 9.38. The quantitative estimate of drug-likeness (QED) is 0.333. The van der Waals surface area contributed by atoms with E-state index in [9.17, 15) is 9.59 Å². The van der Waals surface area contributed by atoms with Crippen molar-refractivity contribution in [3.8, 4) is 5.75 Å². The lowest BCUT2D eigenvalue weighted by Crippen LogP contribution is -2.27. The smallest absolute Gasteiger partial charge is 0.270 e. The first kappa shape index (κ1) is 23.0. The predicted octanol–water partition coefficient (Wildman–Crippen LogP) is 6.07. The number of carbonyl (C=O) groups excluding carboxylic acids is 2. The lowest BCUT2D eigenvalue weighted by molar-refractivity contribution is -0.118. The van der Waals surface area contributed by atoms with Crippen LogP contribution in [0.15, 0.2) is 77.7 Å². The van der Waals surface area contributed by atoms with Crippen LogP contribution in [0.2, 0.25) is 5.02 Å². The summed E-state index contributed by atoms with van der Waals surface area (Å²) in [5.74, 6) is 0.0433. The number of nitrogens with zero attached hydrogens (tertiary/aromatic N) is 1. The molecule has 166 valence electrons. The summed E-state index contributed by atoms with van der Waals surface area (Å²) in [4.78, 5) is 27.2. The van der Waals surface area contributed by atoms with Gasteiger partial charge in [-0.3, -0.25) is 14.5 Å². The number of carbonyl (C=O) groups is 2. The van der Waals surface area contributed by atoms with Crippen molar-refractivity contribution >= 4 is 69.2 Å². The van der Waals surface area contributed by atoms with Crippen molar-refractivity contribution in [1.29, 1.82) is 0 Å². The van der Waals surface area contributed by atoms with Crippen LogP contribution in [0.5, 0.6) is 5.75 Å². The molecule has 3 aromatic carbocycles. The summed E-state index contributed by atoms with van der Waals surface area (Å²) in [6.07, 6.45) is 1.77. The van der Waals surface area contributed by atoms with Crippen molar-refractivity contribution in [3.63, 3.8) is 0 Å². The van der Waals surface area contributed by atoms with Crippen LogP contribution < -0.4 is 15.0 Å². The van der Waals surface area contributed by atoms with E-state index in [-0.39, 0.29) is 18.4 Å². The molecule has 1 fully saturated rings. The zero-order chi connectivity index (χ0) is 23.4. The van der Waals surface area contributed by atoms with Gasteiger partial charge in [-0.15, -0.1) is 0 Å². The van der Waals surface area contributed by atoms with E-state index in [0.29, 0.717) is 25.7 Å². The molecule has 1 aliphatic rings. The maximum Gasteiger partial charge on any atom is 0.270 e. The van der Waals surface area contributed by atoms with Gasteiger partial charge in [-0.2, -0.15) is 0 Å². The number of anilines is 2. The first-order valence-corrected chi connectivity index (χ1v) is 11.6. The first-order chi connectivity index (χ1) is 15.9. The molecule has 3 aromatic rings. The highest BCUT2D eigenvalue weighted by molar-refractivity contribution is 8.27. The summed E-state index contributed by atoms with van der Waals surface area (Å²) in [6.45, 7) is 1.83. The average Bonchev–Trinajstić information content (AvgIpc) is 3.06. The molecule has 8 heteroatoms. The molecular weight excluding hydrogens is 476 g/mol. The van der Waals surface area contributed by atoms with Gasteiger partial charge in [0.15, 0.2) is 10.9 Å². The largest absolute Gasteiger partial charge is 0.484 e. The van der Waals surface area contributed by atoms with Gasteiger partial charge in [-0.1, -0.05) is 71.5 Å². The molecule has 0 atom stereocenters. The van der Waals surface area contributed by atoms with Gasteiger partial charge in [0.25, 0.3) is 11.8 Å². The van der Waals surface area contributed by atoms with E-state index in [1.807, 2.05) is 37.3 Å². The number of thiocarbonyl (C=S) groups is 1. The molecule has 1 N–H and O–H groups in total. The van der Waals surface area contributed by atoms with Crippen LogP contribution in [-0.2, 0) is 9.59 Å². The maximum atomic E-state index is 13.0. The number of hydrogen-bond acceptors (Lipinski definition) is 5. The number of benzene rings is 3. The molecule has 1 saturated heterocycles. The van der Waals surface area contributed by atoms with Gasteiger partial charge in [0.1, 0.15) is 5.75 Å². The van der Waals surface area contributed by atoms with Crippen molar-refractivity contribution in [2.24, 2.45) is 0 Å². The molecule has 0 saturated carbocycles. The Kier molecular flexibility index (Phi) is 7.13. The van der Waals surface area contributed by atoms with Gasteiger partial charge >= 0.3 is 0 Å². The Morgan fingerprint density at radius 3 is 2.64 bits per heavy atom. The van der Waals surface area contributed by atoms with Gasteiger partial charge in [0, 0.05) is 10.7 Å². The molecule has 1 heterocycles. The second-order valence-electron chi connectivity index (χ2n) is 7.27. The number of ether oxygens (including phenoxy) is 1. The van der Waals surface area contributed by atoms with Crippen LogP contribution >= 0.6 is 35.6 Å². The molecule has 33 heavy (non-hydrogen) atoms. The van der Waals surface area contributed by atoms with Crippen LogP contribution in [0.4, 0.5) is 11.4 Å². The van der Waals surface area contributed by atoms with E-state index < -0.39 is 0 Å². The summed E-state index contributed by atoms with van der Waals surface area (Å²) in [5, 5.41) is 3.27. The molecule has 2 amide bonds. The molecule has 1 aliphatic heterocycles. The van der Waals surface area contributed by atoms with Crippen molar-refractivity contribution in [2.75, 3.05) is 16.8 Å². The molecule has 0 bridgehead atoms. The molecule has 0 unspecified atom stereocenters. The van der Waals surface area contributed by atoms with E-state index in [0.717, 1.165) is 16.8 Å². The van der Waals surface area contributed by atoms with Crippen LogP contribution in [0.1, 0.15) is 11.1 Å². The minimum absolute atomic E-state index is 0.161. The zero-order valence-electron chi connectivity index (χ0n) is 17.6. The zero-order valence-corrected chi connectivity index (χ0v) is 20.0. The normalized spacial score (nSPS) is 14.6. The molecule has 0 aromatic heterocycles. The molecule has 5 nitrogen and oxygen atoms in total. The minimum atomic E-state index is -0.304. The highest BCUT2D eigenvalue weighted by Crippen LogP contribution is 2.36. The van der Waals surface area contributed by atoms with Crippen LogP contribution in [-0.4, -0.2) is 22.7 Å². The number of rotatable bonds is 6. The number of halogens is 1. The van der Waals surface area contributed by atoms with Crippen molar-refractivity contribution in [1.82, 2.24) is 0 Å². The summed E-state index contributed by atoms with van der Waals surface area (Å²) in [7, 11) is 0. The van der Waals surface area contributed by atoms with Gasteiger partial charge in [0.05, 0.1) is 10.6 Å². The Morgan fingerprint density at radius 2 is 1.88 bits per heavy atom. The topological polar surface area (TPSA) is 58.6 Å². The summed E-state index contributed by atoms with van der Waals surface area (Å²) < 4.78 is 6.11. The number of amides is 2. The Morgan fingerprint density at radius 1 is 1.12 bits per heavy atom. The summed E-state index contributed by atoms with van der Waals surface area (Å²) >= 11 is 12.6. The fourth-order valence-corrected chi connectivity index (χ4v) is 4.63. The third-order valence-electron chi connectivity index (χ3n) is 4.72. The molecule has 4 rings (SSSR count). The fourth-order valence-electron chi connectivity index (χ4n) is 3.14. The summed E-state index contributed by atoms with van der Waals surface area (Å²) in [5.41, 5.74) is 3.22. The first-order valence-electron chi connectivity index (χ1n) is 10.0. The Labute approximate surface area is 206 Å². The molecular formula is C25H19ClN2O3S2. The van der Waals surface area contributed by atoms with Gasteiger partial charge in [0.2, 0.25) is 0 Å². The van der Waals surface area contributed by atoms with E-state index >= 15 is 0 Å². The lowest BCUT2D eigenvalue weighted by Gasteiger charge is -2.14. The number of nitrogens with one attached hydrogen (secondary N) is 1. The molecule has 0 radical (unpaired) electrons. The molecule has 0 aliphatic carbocycles. The monoisotopic (exact) mass is 494 g/mol. The Hall–Kier alpha value is -3.13. The number of hydrogen-bond donors (Lipinski definition) is 1. The highest BCUT2D eigenvalue weighted by Gasteiger charge is 2.33. The van der Waals surface area contributed by atoms with E-state index in [1.54, 1.807) is 48.5 Å². The van der Waals surface area contributed by atoms with Crippen LogP contribution in [0.3, 0.4) is 0 Å². The Balaban J connectivity index is 1.42. The van der Waals surface area contributed by atoms with Gasteiger partial charge in [-0.05, 0) is 61.0 Å². The van der Waals surface area contributed by atoms with Crippen molar-refractivity contribution < 1.29 is 14.3 Å². The SMILES string of the molecule is Cc1ccc(N2C(=O)/C(=C/c3cccc(OCC(=O)Nc4cccc(Cl)c4)c3)SC2=S)cc1. The highest BCUT2D eigenvalue weighted by atomic mass is 35.5. The van der Waals surface area contributed by atoms with E-state index in [4.69, 9.17) is 28.6 Å². The third kappa shape index (κ3) is 5.82. The van der Waals surface area contributed by atoms with Crippen molar-refractivity contribution in [2.45, 2.75) is 6.92 Å². The second kappa shape index (κ2) is 10.2. The number of aryl methyl sites for hydroxylation is 1. The predicted molar refractivity (Wildman–Crippen MR) is 139 cm³/mol. The average molecular weight is 495 g/mol. The maximum absolute atomic E-state index is 13.0. The fraction of sp³-hybridized carbons (Fsp3) is 0.0800. The van der Waals surface area contributed by atoms with Gasteiger partial charge < -0.3 is 10.1 Å². The molecule has 0 spiro atoms. The standard InChI is InChI=1S/C25H19ClN2O3S2/c1-16-8-10-20(11-9-16)28-24(30)22(33-25(28)32)13-17-4-2-7-21(12-17)31-15-23(29)27-19-6-3-5-18(26)14-19/h2-14H,15H2,1H3,(H,27,29)/b22-13-.